The molecule has 0 heterocycles. The van der Waals surface area contributed by atoms with Gasteiger partial charge in [0.1, 0.15) is 12.6 Å². The third kappa shape index (κ3) is 7.97. The van der Waals surface area contributed by atoms with Gasteiger partial charge in [-0.2, -0.15) is 0 Å². The van der Waals surface area contributed by atoms with Gasteiger partial charge in [-0.25, -0.2) is 8.42 Å². The van der Waals surface area contributed by atoms with E-state index in [1.54, 1.807) is 61.5 Å². The smallest absolute Gasteiger partial charge is 0.264 e. The Kier molecular flexibility index (Phi) is 9.69. The predicted octanol–water partition coefficient (Wildman–Crippen LogP) is 5.83. The zero-order chi connectivity index (χ0) is 29.0. The maximum Gasteiger partial charge on any atom is 0.264 e. The molecule has 3 aromatic rings. The summed E-state index contributed by atoms with van der Waals surface area (Å²) in [6, 6.07) is 18.7. The minimum Gasteiger partial charge on any atom is -0.350 e. The fourth-order valence-electron chi connectivity index (χ4n) is 3.86. The molecule has 3 aromatic carbocycles. The number of benzene rings is 3. The number of rotatable bonds is 9. The third-order valence-electron chi connectivity index (χ3n) is 5.95. The molecule has 1 unspecified atom stereocenters. The lowest BCUT2D eigenvalue weighted by Gasteiger charge is -2.33. The fraction of sp³-hybridized carbons (Fsp3) is 0.310. The molecule has 0 aromatic heterocycles. The van der Waals surface area contributed by atoms with E-state index in [4.69, 9.17) is 23.2 Å². The number of carbonyl (C=O) groups is 2. The number of halogens is 2. The average molecular weight is 591 g/mol. The first-order valence-corrected chi connectivity index (χ1v) is 14.6. The van der Waals surface area contributed by atoms with Gasteiger partial charge >= 0.3 is 0 Å². The lowest BCUT2D eigenvalue weighted by atomic mass is 10.1. The quantitative estimate of drug-likeness (QED) is 0.340. The van der Waals surface area contributed by atoms with Gasteiger partial charge in [0.2, 0.25) is 11.8 Å². The number of nitrogens with zero attached hydrogens (tertiary/aromatic N) is 2. The van der Waals surface area contributed by atoms with Crippen LogP contribution in [0.25, 0.3) is 0 Å². The molecule has 1 atom stereocenters. The van der Waals surface area contributed by atoms with Gasteiger partial charge in [0.25, 0.3) is 10.0 Å². The molecule has 0 bridgehead atoms. The van der Waals surface area contributed by atoms with E-state index in [0.29, 0.717) is 15.6 Å². The second kappa shape index (κ2) is 12.4. The van der Waals surface area contributed by atoms with Gasteiger partial charge < -0.3 is 10.2 Å². The van der Waals surface area contributed by atoms with Crippen LogP contribution in [0.3, 0.4) is 0 Å². The molecule has 39 heavy (non-hydrogen) atoms. The molecule has 0 aliphatic heterocycles. The molecule has 0 spiro atoms. The summed E-state index contributed by atoms with van der Waals surface area (Å²) < 4.78 is 28.7. The number of sulfonamides is 1. The normalized spacial score (nSPS) is 12.5. The van der Waals surface area contributed by atoms with E-state index in [1.165, 1.54) is 23.1 Å². The zero-order valence-electron chi connectivity index (χ0n) is 22.6. The van der Waals surface area contributed by atoms with E-state index < -0.39 is 34.1 Å². The van der Waals surface area contributed by atoms with Crippen LogP contribution in [-0.4, -0.2) is 43.3 Å². The third-order valence-corrected chi connectivity index (χ3v) is 8.34. The summed E-state index contributed by atoms with van der Waals surface area (Å²) in [4.78, 5) is 28.4. The first-order chi connectivity index (χ1) is 18.2. The summed E-state index contributed by atoms with van der Waals surface area (Å²) in [5.41, 5.74) is 1.20. The van der Waals surface area contributed by atoms with Crippen LogP contribution in [0.4, 0.5) is 5.69 Å². The Morgan fingerprint density at radius 3 is 2.18 bits per heavy atom. The molecule has 0 saturated heterocycles. The van der Waals surface area contributed by atoms with Crippen LogP contribution in [0.5, 0.6) is 0 Å². The minimum atomic E-state index is -4.17. The molecule has 7 nitrogen and oxygen atoms in total. The molecule has 3 rings (SSSR count). The Bertz CT molecular complexity index is 1440. The van der Waals surface area contributed by atoms with Crippen molar-refractivity contribution in [1.29, 1.82) is 0 Å². The second-order valence-corrected chi connectivity index (χ2v) is 13.0. The summed E-state index contributed by atoms with van der Waals surface area (Å²) in [7, 11) is -4.17. The molecule has 0 aliphatic rings. The number of aryl methyl sites for hydroxylation is 1. The van der Waals surface area contributed by atoms with Gasteiger partial charge in [-0.05, 0) is 76.6 Å². The maximum atomic E-state index is 13.9. The van der Waals surface area contributed by atoms with E-state index in [-0.39, 0.29) is 23.0 Å². The molecule has 2 amide bonds. The van der Waals surface area contributed by atoms with Gasteiger partial charge in [-0.3, -0.25) is 13.9 Å². The lowest BCUT2D eigenvalue weighted by Crippen LogP contribution is -2.54. The highest BCUT2D eigenvalue weighted by Gasteiger charge is 2.33. The highest BCUT2D eigenvalue weighted by molar-refractivity contribution is 7.92. The predicted molar refractivity (Wildman–Crippen MR) is 157 cm³/mol. The van der Waals surface area contributed by atoms with Crippen LogP contribution >= 0.6 is 23.2 Å². The zero-order valence-corrected chi connectivity index (χ0v) is 24.9. The van der Waals surface area contributed by atoms with Crippen molar-refractivity contribution >= 4 is 50.7 Å². The van der Waals surface area contributed by atoms with Crippen LogP contribution in [0.15, 0.2) is 77.7 Å². The van der Waals surface area contributed by atoms with E-state index in [2.05, 4.69) is 5.32 Å². The van der Waals surface area contributed by atoms with Crippen molar-refractivity contribution in [3.8, 4) is 0 Å². The summed E-state index contributed by atoms with van der Waals surface area (Å²) in [5, 5.41) is 3.64. The largest absolute Gasteiger partial charge is 0.350 e. The number of anilines is 1. The van der Waals surface area contributed by atoms with Crippen LogP contribution < -0.4 is 9.62 Å². The second-order valence-electron chi connectivity index (χ2n) is 10.3. The molecule has 0 saturated carbocycles. The van der Waals surface area contributed by atoms with Crippen LogP contribution in [-0.2, 0) is 26.2 Å². The standard InChI is InChI=1S/C29H33Cl2N3O4S/c1-20-13-15-25(16-14-20)39(37,38)34(24-11-8-10-23(30)17-24)19-27(35)33(18-22-9-6-7-12-26(22)31)21(2)28(36)32-29(3,4)5/h6-17,21H,18-19H2,1-5H3,(H,32,36). The van der Waals surface area contributed by atoms with Crippen LogP contribution in [0.1, 0.15) is 38.8 Å². The highest BCUT2D eigenvalue weighted by atomic mass is 35.5. The lowest BCUT2D eigenvalue weighted by molar-refractivity contribution is -0.140. The Morgan fingerprint density at radius 1 is 0.949 bits per heavy atom. The molecule has 0 radical (unpaired) electrons. The molecular weight excluding hydrogens is 557 g/mol. The van der Waals surface area contributed by atoms with Crippen molar-refractivity contribution in [2.45, 2.75) is 57.6 Å². The van der Waals surface area contributed by atoms with Crippen molar-refractivity contribution in [3.63, 3.8) is 0 Å². The Morgan fingerprint density at radius 2 is 1.59 bits per heavy atom. The molecule has 0 aliphatic carbocycles. The molecule has 1 N–H and O–H groups in total. The summed E-state index contributed by atoms with van der Waals surface area (Å²) in [5.74, 6) is -0.958. The Labute approximate surface area is 240 Å². The fourth-order valence-corrected chi connectivity index (χ4v) is 5.65. The van der Waals surface area contributed by atoms with Crippen molar-refractivity contribution in [2.24, 2.45) is 0 Å². The molecule has 208 valence electrons. The summed E-state index contributed by atoms with van der Waals surface area (Å²) in [6.45, 7) is 8.42. The van der Waals surface area contributed by atoms with Gasteiger partial charge in [-0.1, -0.05) is 65.2 Å². The number of hydrogen-bond acceptors (Lipinski definition) is 4. The van der Waals surface area contributed by atoms with E-state index in [0.717, 1.165) is 9.87 Å². The first kappa shape index (κ1) is 30.5. The summed E-state index contributed by atoms with van der Waals surface area (Å²) in [6.07, 6.45) is 0. The highest BCUT2D eigenvalue weighted by Crippen LogP contribution is 2.27. The van der Waals surface area contributed by atoms with Gasteiger partial charge in [-0.15, -0.1) is 0 Å². The summed E-state index contributed by atoms with van der Waals surface area (Å²) >= 11 is 12.6. The Balaban J connectivity index is 2.05. The van der Waals surface area contributed by atoms with Crippen molar-refractivity contribution in [2.75, 3.05) is 10.8 Å². The van der Waals surface area contributed by atoms with Crippen molar-refractivity contribution in [1.82, 2.24) is 10.2 Å². The maximum absolute atomic E-state index is 13.9. The van der Waals surface area contributed by atoms with Crippen molar-refractivity contribution < 1.29 is 18.0 Å². The molecule has 0 fully saturated rings. The average Bonchev–Trinajstić information content (AvgIpc) is 2.85. The van der Waals surface area contributed by atoms with Gasteiger partial charge in [0, 0.05) is 22.1 Å². The van der Waals surface area contributed by atoms with Crippen molar-refractivity contribution in [3.05, 3.63) is 94.0 Å². The first-order valence-electron chi connectivity index (χ1n) is 12.4. The number of hydrogen-bond donors (Lipinski definition) is 1. The number of nitrogens with one attached hydrogen (secondary N) is 1. The van der Waals surface area contributed by atoms with Crippen LogP contribution in [0, 0.1) is 6.92 Å². The monoisotopic (exact) mass is 589 g/mol. The van der Waals surface area contributed by atoms with Crippen LogP contribution in [0.2, 0.25) is 10.0 Å². The van der Waals surface area contributed by atoms with E-state index in [9.17, 15) is 18.0 Å². The number of carbonyl (C=O) groups excluding carboxylic acids is 2. The molecular formula is C29H33Cl2N3O4S. The van der Waals surface area contributed by atoms with Gasteiger partial charge in [0.05, 0.1) is 10.6 Å². The number of amides is 2. The molecule has 10 heteroatoms. The van der Waals surface area contributed by atoms with E-state index in [1.807, 2.05) is 27.7 Å². The Hall–Kier alpha value is -3.07. The minimum absolute atomic E-state index is 0.00516. The topological polar surface area (TPSA) is 86.8 Å². The van der Waals surface area contributed by atoms with Gasteiger partial charge in [0.15, 0.2) is 0 Å². The SMILES string of the molecule is Cc1ccc(S(=O)(=O)N(CC(=O)N(Cc2ccccc2Cl)C(C)C(=O)NC(C)(C)C)c2cccc(Cl)c2)cc1. The van der Waals surface area contributed by atoms with E-state index >= 15 is 0 Å².